The van der Waals surface area contributed by atoms with Crippen molar-refractivity contribution >= 4 is 12.0 Å². The monoisotopic (exact) mass is 381 g/mol. The summed E-state index contributed by atoms with van der Waals surface area (Å²) in [6.45, 7) is 6.11. The lowest BCUT2D eigenvalue weighted by Crippen LogP contribution is -2.41. The van der Waals surface area contributed by atoms with Crippen LogP contribution in [-0.4, -0.2) is 25.7 Å². The van der Waals surface area contributed by atoms with E-state index in [0.29, 0.717) is 17.9 Å². The molecule has 1 aliphatic rings. The molecule has 3 rings (SSSR count). The van der Waals surface area contributed by atoms with Crippen LogP contribution in [0.4, 0.5) is 0 Å². The van der Waals surface area contributed by atoms with Crippen LogP contribution in [0.1, 0.15) is 43.0 Å². The molecule has 0 saturated heterocycles. The number of rotatable bonds is 5. The molecule has 0 unspecified atom stereocenters. The van der Waals surface area contributed by atoms with E-state index in [9.17, 15) is 4.79 Å². The SMILES string of the molecule is COc1ccc(/C=C/C(=O)N[C@H]2CC(C)(C)Oc3ccc(C)cc32)cc1OC. The second-order valence-corrected chi connectivity index (χ2v) is 7.62. The number of nitrogens with one attached hydrogen (secondary N) is 1. The van der Waals surface area contributed by atoms with Crippen LogP contribution < -0.4 is 19.5 Å². The first kappa shape index (κ1) is 19.8. The Morgan fingerprint density at radius 3 is 2.61 bits per heavy atom. The van der Waals surface area contributed by atoms with Crippen molar-refractivity contribution in [1.82, 2.24) is 5.32 Å². The van der Waals surface area contributed by atoms with Crippen LogP contribution in [0.15, 0.2) is 42.5 Å². The molecule has 0 aromatic heterocycles. The molecule has 5 nitrogen and oxygen atoms in total. The lowest BCUT2D eigenvalue weighted by molar-refractivity contribution is -0.117. The molecule has 5 heteroatoms. The first-order valence-electron chi connectivity index (χ1n) is 9.31. The number of carbonyl (C=O) groups is 1. The fourth-order valence-corrected chi connectivity index (χ4v) is 3.45. The molecule has 0 bridgehead atoms. The number of hydrogen-bond acceptors (Lipinski definition) is 4. The quantitative estimate of drug-likeness (QED) is 0.778. The molecule has 1 atom stereocenters. The van der Waals surface area contributed by atoms with Gasteiger partial charge in [-0.05, 0) is 50.6 Å². The van der Waals surface area contributed by atoms with E-state index >= 15 is 0 Å². The molecule has 0 spiro atoms. The molecule has 28 heavy (non-hydrogen) atoms. The number of methoxy groups -OCH3 is 2. The van der Waals surface area contributed by atoms with E-state index in [4.69, 9.17) is 14.2 Å². The third kappa shape index (κ3) is 4.47. The average Bonchev–Trinajstić information content (AvgIpc) is 2.66. The minimum Gasteiger partial charge on any atom is -0.493 e. The molecule has 0 aliphatic carbocycles. The lowest BCUT2D eigenvalue weighted by Gasteiger charge is -2.38. The van der Waals surface area contributed by atoms with Crippen LogP contribution in [0, 0.1) is 6.92 Å². The summed E-state index contributed by atoms with van der Waals surface area (Å²) in [5.74, 6) is 1.96. The summed E-state index contributed by atoms with van der Waals surface area (Å²) in [5.41, 5.74) is 2.68. The fraction of sp³-hybridized carbons (Fsp3) is 0.348. The van der Waals surface area contributed by atoms with Gasteiger partial charge in [0.25, 0.3) is 0 Å². The number of aryl methyl sites for hydroxylation is 1. The molecule has 0 saturated carbocycles. The zero-order valence-electron chi connectivity index (χ0n) is 17.0. The van der Waals surface area contributed by atoms with E-state index in [0.717, 1.165) is 22.4 Å². The number of ether oxygens (including phenoxy) is 3. The van der Waals surface area contributed by atoms with E-state index in [1.54, 1.807) is 26.4 Å². The highest BCUT2D eigenvalue weighted by atomic mass is 16.5. The third-order valence-electron chi connectivity index (χ3n) is 4.77. The van der Waals surface area contributed by atoms with Gasteiger partial charge in [-0.1, -0.05) is 23.8 Å². The maximum Gasteiger partial charge on any atom is 0.244 e. The highest BCUT2D eigenvalue weighted by Crippen LogP contribution is 2.39. The predicted molar refractivity (Wildman–Crippen MR) is 110 cm³/mol. The molecule has 1 amide bonds. The van der Waals surface area contributed by atoms with Crippen LogP contribution in [-0.2, 0) is 4.79 Å². The molecule has 1 aliphatic heterocycles. The number of fused-ring (bicyclic) bond motifs is 1. The zero-order chi connectivity index (χ0) is 20.3. The van der Waals surface area contributed by atoms with Crippen molar-refractivity contribution in [2.45, 2.75) is 38.8 Å². The molecule has 1 N–H and O–H groups in total. The van der Waals surface area contributed by atoms with Crippen molar-refractivity contribution in [3.8, 4) is 17.2 Å². The molecule has 0 radical (unpaired) electrons. The summed E-state index contributed by atoms with van der Waals surface area (Å²) >= 11 is 0. The molecule has 0 fully saturated rings. The van der Waals surface area contributed by atoms with Gasteiger partial charge in [-0.25, -0.2) is 0 Å². The van der Waals surface area contributed by atoms with Crippen molar-refractivity contribution in [3.63, 3.8) is 0 Å². The maximum absolute atomic E-state index is 12.6. The van der Waals surface area contributed by atoms with Gasteiger partial charge in [-0.2, -0.15) is 0 Å². The number of hydrogen-bond donors (Lipinski definition) is 1. The predicted octanol–water partition coefficient (Wildman–Crippen LogP) is 4.44. The van der Waals surface area contributed by atoms with E-state index in [2.05, 4.69) is 11.4 Å². The highest BCUT2D eigenvalue weighted by molar-refractivity contribution is 5.92. The Bertz CT molecular complexity index is 901. The minimum absolute atomic E-state index is 0.0961. The van der Waals surface area contributed by atoms with Crippen molar-refractivity contribution in [2.75, 3.05) is 14.2 Å². The second kappa shape index (κ2) is 7.97. The summed E-state index contributed by atoms with van der Waals surface area (Å²) in [6.07, 6.45) is 4.01. The van der Waals surface area contributed by atoms with Crippen LogP contribution in [0.5, 0.6) is 17.2 Å². The van der Waals surface area contributed by atoms with E-state index in [-0.39, 0.29) is 17.6 Å². The van der Waals surface area contributed by atoms with Gasteiger partial charge in [-0.15, -0.1) is 0 Å². The van der Waals surface area contributed by atoms with E-state index < -0.39 is 0 Å². The van der Waals surface area contributed by atoms with E-state index in [1.165, 1.54) is 0 Å². The molecule has 2 aromatic rings. The van der Waals surface area contributed by atoms with Gasteiger partial charge < -0.3 is 19.5 Å². The summed E-state index contributed by atoms with van der Waals surface area (Å²) in [4.78, 5) is 12.6. The van der Waals surface area contributed by atoms with Crippen molar-refractivity contribution in [2.24, 2.45) is 0 Å². The standard InChI is InChI=1S/C23H27NO4/c1-15-6-9-19-17(12-15)18(14-23(2,3)28-19)24-22(25)11-8-16-7-10-20(26-4)21(13-16)27-5/h6-13,18H,14H2,1-5H3,(H,24,25)/b11-8+/t18-/m0/s1. The Morgan fingerprint density at radius 1 is 1.14 bits per heavy atom. The number of carbonyl (C=O) groups excluding carboxylic acids is 1. The van der Waals surface area contributed by atoms with Gasteiger partial charge in [0.1, 0.15) is 11.4 Å². The van der Waals surface area contributed by atoms with Gasteiger partial charge in [0.15, 0.2) is 11.5 Å². The van der Waals surface area contributed by atoms with Crippen molar-refractivity contribution in [1.29, 1.82) is 0 Å². The van der Waals surface area contributed by atoms with Crippen molar-refractivity contribution < 1.29 is 19.0 Å². The lowest BCUT2D eigenvalue weighted by atomic mass is 9.89. The first-order chi connectivity index (χ1) is 13.3. The second-order valence-electron chi connectivity index (χ2n) is 7.62. The molecular weight excluding hydrogens is 354 g/mol. The van der Waals surface area contributed by atoms with Crippen LogP contribution in [0.2, 0.25) is 0 Å². The van der Waals surface area contributed by atoms with Crippen LogP contribution in [0.3, 0.4) is 0 Å². The largest absolute Gasteiger partial charge is 0.493 e. The highest BCUT2D eigenvalue weighted by Gasteiger charge is 2.34. The Morgan fingerprint density at radius 2 is 1.89 bits per heavy atom. The number of amides is 1. The smallest absolute Gasteiger partial charge is 0.244 e. The molecule has 2 aromatic carbocycles. The van der Waals surface area contributed by atoms with Gasteiger partial charge in [0.05, 0.1) is 20.3 Å². The summed E-state index contributed by atoms with van der Waals surface area (Å²) in [7, 11) is 3.18. The summed E-state index contributed by atoms with van der Waals surface area (Å²) in [5, 5.41) is 3.12. The normalized spacial score (nSPS) is 17.5. The van der Waals surface area contributed by atoms with Crippen LogP contribution >= 0.6 is 0 Å². The van der Waals surface area contributed by atoms with Crippen molar-refractivity contribution in [3.05, 3.63) is 59.2 Å². The minimum atomic E-state index is -0.340. The number of benzene rings is 2. The Kier molecular flexibility index (Phi) is 5.63. The molecule has 1 heterocycles. The molecular formula is C23H27NO4. The van der Waals surface area contributed by atoms with Gasteiger partial charge in [-0.3, -0.25) is 4.79 Å². The Labute approximate surface area is 166 Å². The summed E-state index contributed by atoms with van der Waals surface area (Å²) in [6, 6.07) is 11.5. The topological polar surface area (TPSA) is 56.8 Å². The zero-order valence-corrected chi connectivity index (χ0v) is 17.0. The fourth-order valence-electron chi connectivity index (χ4n) is 3.45. The Balaban J connectivity index is 1.76. The van der Waals surface area contributed by atoms with Gasteiger partial charge in [0.2, 0.25) is 5.91 Å². The summed E-state index contributed by atoms with van der Waals surface area (Å²) < 4.78 is 16.6. The molecule has 148 valence electrons. The van der Waals surface area contributed by atoms with Gasteiger partial charge in [0, 0.05) is 18.1 Å². The Hall–Kier alpha value is -2.95. The maximum atomic E-state index is 12.6. The average molecular weight is 381 g/mol. The first-order valence-corrected chi connectivity index (χ1v) is 9.31. The van der Waals surface area contributed by atoms with Gasteiger partial charge >= 0.3 is 0 Å². The van der Waals surface area contributed by atoms with E-state index in [1.807, 2.05) is 51.1 Å². The van der Waals surface area contributed by atoms with Crippen LogP contribution in [0.25, 0.3) is 6.08 Å². The third-order valence-corrected chi connectivity index (χ3v) is 4.77.